The molecular weight excluding hydrogens is 241 g/mol. The number of halogens is 2. The first-order valence-corrected chi connectivity index (χ1v) is 6.28. The Morgan fingerprint density at radius 3 is 2.73 bits per heavy atom. The van der Waals surface area contributed by atoms with E-state index in [9.17, 15) is 12.8 Å². The van der Waals surface area contributed by atoms with Crippen molar-refractivity contribution >= 4 is 30.6 Å². The van der Waals surface area contributed by atoms with Gasteiger partial charge >= 0.3 is 0 Å². The van der Waals surface area contributed by atoms with Crippen molar-refractivity contribution in [3.63, 3.8) is 0 Å². The molecule has 3 nitrogen and oxygen atoms in total. The lowest BCUT2D eigenvalue weighted by atomic mass is 10.2. The van der Waals surface area contributed by atoms with Crippen LogP contribution in [0.2, 0.25) is 0 Å². The molecule has 6 heteroatoms. The van der Waals surface area contributed by atoms with E-state index in [0.717, 1.165) is 6.20 Å². The Morgan fingerprint density at radius 2 is 2.07 bits per heavy atom. The first kappa shape index (κ1) is 10.3. The highest BCUT2D eigenvalue weighted by molar-refractivity contribution is 8.14. The molecule has 0 N–H and O–H groups in total. The van der Waals surface area contributed by atoms with Crippen LogP contribution in [-0.2, 0) is 9.05 Å². The summed E-state index contributed by atoms with van der Waals surface area (Å²) in [6.45, 7) is 0. The number of benzene rings is 1. The smallest absolute Gasteiger partial charge is 0.252 e. The second-order valence-corrected chi connectivity index (χ2v) is 5.45. The topological polar surface area (TPSA) is 47.0 Å². The van der Waals surface area contributed by atoms with Crippen molar-refractivity contribution in [1.82, 2.24) is 4.98 Å². The van der Waals surface area contributed by atoms with Gasteiger partial charge in [-0.3, -0.25) is 4.98 Å². The molecule has 0 atom stereocenters. The molecule has 1 heterocycles. The van der Waals surface area contributed by atoms with Crippen molar-refractivity contribution in [2.45, 2.75) is 4.90 Å². The molecule has 1 aromatic carbocycles. The van der Waals surface area contributed by atoms with E-state index in [1.54, 1.807) is 6.07 Å². The number of pyridine rings is 1. The van der Waals surface area contributed by atoms with E-state index >= 15 is 0 Å². The lowest BCUT2D eigenvalue weighted by molar-refractivity contribution is 0.609. The Labute approximate surface area is 89.9 Å². The quantitative estimate of drug-likeness (QED) is 0.725. The van der Waals surface area contributed by atoms with E-state index < -0.39 is 14.9 Å². The second kappa shape index (κ2) is 3.43. The van der Waals surface area contributed by atoms with Crippen LogP contribution >= 0.6 is 10.7 Å². The van der Waals surface area contributed by atoms with Gasteiger partial charge in [0.1, 0.15) is 10.7 Å². The molecule has 1 aromatic heterocycles. The summed E-state index contributed by atoms with van der Waals surface area (Å²) < 4.78 is 35.1. The van der Waals surface area contributed by atoms with Crippen LogP contribution in [0.25, 0.3) is 10.9 Å². The van der Waals surface area contributed by atoms with Crippen molar-refractivity contribution < 1.29 is 12.8 Å². The third-order valence-corrected chi connectivity index (χ3v) is 3.26. The summed E-state index contributed by atoms with van der Waals surface area (Å²) in [4.78, 5) is 3.60. The molecule has 78 valence electrons. The molecule has 0 saturated carbocycles. The van der Waals surface area contributed by atoms with Crippen LogP contribution in [0.15, 0.2) is 35.4 Å². The predicted octanol–water partition coefficient (Wildman–Crippen LogP) is 2.30. The van der Waals surface area contributed by atoms with Crippen molar-refractivity contribution in [1.29, 1.82) is 0 Å². The summed E-state index contributed by atoms with van der Waals surface area (Å²) >= 11 is 0. The van der Waals surface area contributed by atoms with Crippen molar-refractivity contribution in [3.05, 3.63) is 36.3 Å². The minimum absolute atomic E-state index is 0.110. The third kappa shape index (κ3) is 1.93. The molecular formula is C9H5ClFNO2S. The number of hydrogen-bond donors (Lipinski definition) is 0. The molecule has 0 aliphatic carbocycles. The molecule has 2 aromatic rings. The summed E-state index contributed by atoms with van der Waals surface area (Å²) in [7, 11) is 1.36. The number of para-hydroxylation sites is 1. The van der Waals surface area contributed by atoms with Gasteiger partial charge in [-0.25, -0.2) is 12.8 Å². The summed E-state index contributed by atoms with van der Waals surface area (Å²) in [5.41, 5.74) is 0.175. The fraction of sp³-hybridized carbons (Fsp3) is 0. The van der Waals surface area contributed by atoms with Crippen LogP contribution in [0.4, 0.5) is 4.39 Å². The maximum Gasteiger partial charge on any atom is 0.263 e. The zero-order valence-corrected chi connectivity index (χ0v) is 8.89. The molecule has 0 aliphatic rings. The maximum absolute atomic E-state index is 12.8. The van der Waals surface area contributed by atoms with Gasteiger partial charge in [-0.05, 0) is 12.1 Å². The highest BCUT2D eigenvalue weighted by atomic mass is 35.7. The van der Waals surface area contributed by atoms with Crippen LogP contribution < -0.4 is 0 Å². The maximum atomic E-state index is 12.8. The normalized spacial score (nSPS) is 11.9. The van der Waals surface area contributed by atoms with Crippen molar-refractivity contribution in [2.75, 3.05) is 0 Å². The van der Waals surface area contributed by atoms with Crippen LogP contribution in [0, 0.1) is 5.82 Å². The van der Waals surface area contributed by atoms with Crippen LogP contribution in [0.1, 0.15) is 0 Å². The number of fused-ring (bicyclic) bond motifs is 1. The highest BCUT2D eigenvalue weighted by Gasteiger charge is 2.14. The monoisotopic (exact) mass is 245 g/mol. The molecule has 0 radical (unpaired) electrons. The number of rotatable bonds is 1. The van der Waals surface area contributed by atoms with Gasteiger partial charge < -0.3 is 0 Å². The van der Waals surface area contributed by atoms with Gasteiger partial charge in [-0.15, -0.1) is 0 Å². The van der Waals surface area contributed by atoms with Crippen molar-refractivity contribution in [2.24, 2.45) is 0 Å². The zero-order valence-electron chi connectivity index (χ0n) is 7.31. The molecule has 0 amide bonds. The fourth-order valence-electron chi connectivity index (χ4n) is 1.30. The van der Waals surface area contributed by atoms with E-state index in [4.69, 9.17) is 10.7 Å². The average Bonchev–Trinajstić information content (AvgIpc) is 2.15. The number of aromatic nitrogens is 1. The first-order valence-electron chi connectivity index (χ1n) is 3.97. The molecule has 0 unspecified atom stereocenters. The molecule has 15 heavy (non-hydrogen) atoms. The summed E-state index contributed by atoms with van der Waals surface area (Å²) in [5, 5.41) is 0.400. The third-order valence-electron chi connectivity index (χ3n) is 1.90. The number of hydrogen-bond acceptors (Lipinski definition) is 3. The van der Waals surface area contributed by atoms with Gasteiger partial charge in [-0.2, -0.15) is 0 Å². The van der Waals surface area contributed by atoms with E-state index in [0.29, 0.717) is 5.39 Å². The molecule has 0 aliphatic heterocycles. The van der Waals surface area contributed by atoms with Crippen LogP contribution in [0.5, 0.6) is 0 Å². The van der Waals surface area contributed by atoms with Gasteiger partial charge in [-0.1, -0.05) is 12.1 Å². The lowest BCUT2D eigenvalue weighted by Gasteiger charge is -2.01. The standard InChI is InChI=1S/C9H5ClFNO2S/c10-15(13,14)8-3-1-2-6-4-7(11)5-12-9(6)8/h1-5H. The van der Waals surface area contributed by atoms with Gasteiger partial charge in [0.05, 0.1) is 11.7 Å². The first-order chi connectivity index (χ1) is 6.98. The van der Waals surface area contributed by atoms with Crippen molar-refractivity contribution in [3.8, 4) is 0 Å². The molecule has 2 rings (SSSR count). The zero-order chi connectivity index (χ0) is 11.1. The van der Waals surface area contributed by atoms with Gasteiger partial charge in [0.15, 0.2) is 0 Å². The molecule has 0 fully saturated rings. The fourth-order valence-corrected chi connectivity index (χ4v) is 2.32. The summed E-state index contributed by atoms with van der Waals surface area (Å²) in [6.07, 6.45) is 0.952. The lowest BCUT2D eigenvalue weighted by Crippen LogP contribution is -1.94. The van der Waals surface area contributed by atoms with E-state index in [2.05, 4.69) is 4.98 Å². The van der Waals surface area contributed by atoms with Gasteiger partial charge in [0.2, 0.25) is 0 Å². The Kier molecular flexibility index (Phi) is 2.36. The second-order valence-electron chi connectivity index (χ2n) is 2.92. The average molecular weight is 246 g/mol. The Bertz CT molecular complexity index is 627. The number of nitrogens with zero attached hydrogens (tertiary/aromatic N) is 1. The molecule has 0 spiro atoms. The Balaban J connectivity index is 2.89. The largest absolute Gasteiger partial charge is 0.263 e. The van der Waals surface area contributed by atoms with E-state index in [1.807, 2.05) is 0 Å². The molecule has 0 saturated heterocycles. The van der Waals surface area contributed by atoms with Crippen LogP contribution in [0.3, 0.4) is 0 Å². The van der Waals surface area contributed by atoms with Gasteiger partial charge in [0.25, 0.3) is 9.05 Å². The Hall–Kier alpha value is -1.20. The minimum atomic E-state index is -3.85. The minimum Gasteiger partial charge on any atom is -0.252 e. The van der Waals surface area contributed by atoms with E-state index in [1.165, 1.54) is 18.2 Å². The molecule has 0 bridgehead atoms. The van der Waals surface area contributed by atoms with E-state index in [-0.39, 0.29) is 10.4 Å². The summed E-state index contributed by atoms with van der Waals surface area (Å²) in [6, 6.07) is 5.58. The van der Waals surface area contributed by atoms with Gasteiger partial charge in [0, 0.05) is 16.1 Å². The predicted molar refractivity (Wildman–Crippen MR) is 54.7 cm³/mol. The highest BCUT2D eigenvalue weighted by Crippen LogP contribution is 2.24. The Morgan fingerprint density at radius 1 is 1.33 bits per heavy atom. The van der Waals surface area contributed by atoms with Crippen LogP contribution in [-0.4, -0.2) is 13.4 Å². The SMILES string of the molecule is O=S(=O)(Cl)c1cccc2cc(F)cnc12. The summed E-state index contributed by atoms with van der Waals surface area (Å²) in [5.74, 6) is -0.522.